The Morgan fingerprint density at radius 1 is 0.966 bits per heavy atom. The molecular formula is C22H18F3NO3. The average Bonchev–Trinajstić information content (AvgIpc) is 2.66. The largest absolute Gasteiger partial charge is 0.417 e. The highest BCUT2D eigenvalue weighted by Crippen LogP contribution is 2.33. The molecule has 150 valence electrons. The van der Waals surface area contributed by atoms with Crippen LogP contribution >= 0.6 is 0 Å². The molecule has 4 nitrogen and oxygen atoms in total. The van der Waals surface area contributed by atoms with Crippen LogP contribution in [0.2, 0.25) is 0 Å². The van der Waals surface area contributed by atoms with Crippen LogP contribution in [0.15, 0.2) is 53.7 Å². The lowest BCUT2D eigenvalue weighted by Crippen LogP contribution is -2.29. The molecule has 0 spiro atoms. The van der Waals surface area contributed by atoms with E-state index in [0.717, 1.165) is 18.7 Å². The Hall–Kier alpha value is -2.80. The van der Waals surface area contributed by atoms with Gasteiger partial charge in [-0.15, -0.1) is 0 Å². The molecule has 29 heavy (non-hydrogen) atoms. The lowest BCUT2D eigenvalue weighted by atomic mass is 9.79. The van der Waals surface area contributed by atoms with Crippen molar-refractivity contribution < 1.29 is 27.5 Å². The number of carbonyl (C=O) groups is 2. The summed E-state index contributed by atoms with van der Waals surface area (Å²) in [5, 5.41) is 0. The maximum absolute atomic E-state index is 13.1. The number of fused-ring (bicyclic) bond motifs is 1. The topological polar surface area (TPSA) is 56.3 Å². The molecule has 1 fully saturated rings. The van der Waals surface area contributed by atoms with Gasteiger partial charge in [-0.25, -0.2) is 0 Å². The smallest absolute Gasteiger partial charge is 0.381 e. The SMILES string of the molecule is O=C1C(CCC2COC2)=C(Cc2ccc(C(F)(F)F)cn2)C(=O)c2ccccc21. The van der Waals surface area contributed by atoms with Gasteiger partial charge >= 0.3 is 6.18 Å². The number of nitrogens with zero attached hydrogens (tertiary/aromatic N) is 1. The van der Waals surface area contributed by atoms with Crippen LogP contribution in [0.25, 0.3) is 0 Å². The Morgan fingerprint density at radius 2 is 1.62 bits per heavy atom. The second kappa shape index (κ2) is 7.55. The summed E-state index contributed by atoms with van der Waals surface area (Å²) in [6, 6.07) is 8.84. The number of alkyl halides is 3. The molecule has 4 rings (SSSR count). The molecule has 0 atom stereocenters. The fourth-order valence-corrected chi connectivity index (χ4v) is 3.61. The Morgan fingerprint density at radius 3 is 2.14 bits per heavy atom. The number of halogens is 3. The van der Waals surface area contributed by atoms with E-state index in [9.17, 15) is 22.8 Å². The van der Waals surface area contributed by atoms with Crippen molar-refractivity contribution in [2.45, 2.75) is 25.4 Å². The first-order valence-corrected chi connectivity index (χ1v) is 9.35. The van der Waals surface area contributed by atoms with Gasteiger partial charge in [0.2, 0.25) is 0 Å². The van der Waals surface area contributed by atoms with Gasteiger partial charge in [-0.2, -0.15) is 13.2 Å². The summed E-state index contributed by atoms with van der Waals surface area (Å²) >= 11 is 0. The molecule has 1 aromatic heterocycles. The molecule has 0 bridgehead atoms. The Labute approximate surface area is 165 Å². The van der Waals surface area contributed by atoms with Gasteiger partial charge in [0.05, 0.1) is 18.8 Å². The molecule has 0 radical (unpaired) electrons. The molecule has 1 aliphatic heterocycles. The third kappa shape index (κ3) is 3.87. The highest BCUT2D eigenvalue weighted by Gasteiger charge is 2.33. The molecule has 2 heterocycles. The quantitative estimate of drug-likeness (QED) is 0.743. The van der Waals surface area contributed by atoms with E-state index < -0.39 is 11.7 Å². The van der Waals surface area contributed by atoms with Crippen LogP contribution in [0.1, 0.15) is 44.8 Å². The van der Waals surface area contributed by atoms with Crippen molar-refractivity contribution in [1.82, 2.24) is 4.98 Å². The van der Waals surface area contributed by atoms with E-state index in [1.54, 1.807) is 24.3 Å². The average molecular weight is 401 g/mol. The van der Waals surface area contributed by atoms with Crippen molar-refractivity contribution in [1.29, 1.82) is 0 Å². The van der Waals surface area contributed by atoms with Crippen LogP contribution < -0.4 is 0 Å². The highest BCUT2D eigenvalue weighted by atomic mass is 19.4. The van der Waals surface area contributed by atoms with E-state index in [2.05, 4.69) is 4.98 Å². The minimum Gasteiger partial charge on any atom is -0.381 e. The van der Waals surface area contributed by atoms with Crippen LogP contribution in [0.3, 0.4) is 0 Å². The van der Waals surface area contributed by atoms with Gasteiger partial charge in [0.15, 0.2) is 11.6 Å². The molecule has 0 N–H and O–H groups in total. The third-order valence-corrected chi connectivity index (χ3v) is 5.35. The summed E-state index contributed by atoms with van der Waals surface area (Å²) in [6.45, 7) is 1.28. The number of ketones is 2. The number of pyridine rings is 1. The molecule has 0 amide bonds. The van der Waals surface area contributed by atoms with Gasteiger partial charge in [-0.1, -0.05) is 24.3 Å². The number of benzene rings is 1. The number of hydrogen-bond donors (Lipinski definition) is 0. The monoisotopic (exact) mass is 401 g/mol. The zero-order valence-electron chi connectivity index (χ0n) is 15.5. The predicted molar refractivity (Wildman–Crippen MR) is 98.6 cm³/mol. The van der Waals surface area contributed by atoms with Crippen molar-refractivity contribution in [3.8, 4) is 0 Å². The number of aromatic nitrogens is 1. The number of rotatable bonds is 5. The molecule has 1 aliphatic carbocycles. The summed E-state index contributed by atoms with van der Waals surface area (Å²) in [4.78, 5) is 30.0. The predicted octanol–water partition coefficient (Wildman–Crippen LogP) is 4.45. The molecule has 0 saturated carbocycles. The van der Waals surface area contributed by atoms with Crippen LogP contribution in [0.4, 0.5) is 13.2 Å². The van der Waals surface area contributed by atoms with Crippen molar-refractivity contribution in [2.75, 3.05) is 13.2 Å². The number of hydrogen-bond acceptors (Lipinski definition) is 4. The van der Waals surface area contributed by atoms with Gasteiger partial charge in [0, 0.05) is 46.5 Å². The lowest BCUT2D eigenvalue weighted by molar-refractivity contribution is -0.137. The first-order valence-electron chi connectivity index (χ1n) is 9.35. The van der Waals surface area contributed by atoms with Crippen LogP contribution in [0.5, 0.6) is 0 Å². The lowest BCUT2D eigenvalue weighted by Gasteiger charge is -2.27. The van der Waals surface area contributed by atoms with Crippen molar-refractivity contribution in [3.05, 3.63) is 76.1 Å². The van der Waals surface area contributed by atoms with Crippen molar-refractivity contribution in [3.63, 3.8) is 0 Å². The van der Waals surface area contributed by atoms with Crippen LogP contribution in [0, 0.1) is 5.92 Å². The zero-order chi connectivity index (χ0) is 20.6. The van der Waals surface area contributed by atoms with Gasteiger partial charge in [0.1, 0.15) is 0 Å². The maximum atomic E-state index is 13.1. The maximum Gasteiger partial charge on any atom is 0.417 e. The first-order chi connectivity index (χ1) is 13.8. The van der Waals surface area contributed by atoms with E-state index >= 15 is 0 Å². The van der Waals surface area contributed by atoms with E-state index in [-0.39, 0.29) is 18.0 Å². The third-order valence-electron chi connectivity index (χ3n) is 5.35. The van der Waals surface area contributed by atoms with Gasteiger partial charge < -0.3 is 4.74 Å². The minimum absolute atomic E-state index is 0.0214. The number of carbonyl (C=O) groups excluding carboxylic acids is 2. The van der Waals surface area contributed by atoms with Crippen molar-refractivity contribution >= 4 is 11.6 Å². The molecular weight excluding hydrogens is 383 g/mol. The van der Waals surface area contributed by atoms with Gasteiger partial charge in [-0.3, -0.25) is 14.6 Å². The molecule has 1 aromatic carbocycles. The molecule has 7 heteroatoms. The van der Waals surface area contributed by atoms with Gasteiger partial charge in [-0.05, 0) is 25.0 Å². The fourth-order valence-electron chi connectivity index (χ4n) is 3.61. The van der Waals surface area contributed by atoms with Crippen LogP contribution in [-0.4, -0.2) is 29.8 Å². The Bertz CT molecular complexity index is 989. The second-order valence-electron chi connectivity index (χ2n) is 7.32. The van der Waals surface area contributed by atoms with Crippen molar-refractivity contribution in [2.24, 2.45) is 5.92 Å². The molecule has 0 unspecified atom stereocenters. The number of allylic oxidation sites excluding steroid dienone is 2. The molecule has 1 saturated heterocycles. The Kier molecular flexibility index (Phi) is 5.08. The van der Waals surface area contributed by atoms with Crippen LogP contribution in [-0.2, 0) is 17.3 Å². The minimum atomic E-state index is -4.48. The number of Topliss-reactive ketones (excluding diaryl/α,β-unsaturated/α-hetero) is 2. The summed E-state index contributed by atoms with van der Waals surface area (Å²) in [5.74, 6) is -0.0999. The normalized spacial score (nSPS) is 17.3. The molecule has 2 aliphatic rings. The summed E-state index contributed by atoms with van der Waals surface area (Å²) in [5.41, 5.74) is 0.926. The van der Waals surface area contributed by atoms with Gasteiger partial charge in [0.25, 0.3) is 0 Å². The summed E-state index contributed by atoms with van der Waals surface area (Å²) in [7, 11) is 0. The first kappa shape index (κ1) is 19.5. The zero-order valence-corrected chi connectivity index (χ0v) is 15.5. The number of ether oxygens (including phenoxy) is 1. The Balaban J connectivity index is 1.67. The van der Waals surface area contributed by atoms with E-state index in [1.165, 1.54) is 6.07 Å². The van der Waals surface area contributed by atoms with E-state index in [4.69, 9.17) is 4.74 Å². The van der Waals surface area contributed by atoms with E-state index in [1.807, 2.05) is 0 Å². The summed E-state index contributed by atoms with van der Waals surface area (Å²) < 4.78 is 43.5. The fraction of sp³-hybridized carbons (Fsp3) is 0.318. The standard InChI is InChI=1S/C22H18F3NO3/c23-22(24,25)14-6-7-15(26-10-14)9-19-18(8-5-13-11-29-12-13)20(27)16-3-1-2-4-17(16)21(19)28/h1-4,6-7,10,13H,5,8-9,11-12H2. The highest BCUT2D eigenvalue weighted by molar-refractivity contribution is 6.27. The summed E-state index contributed by atoms with van der Waals surface area (Å²) in [6.07, 6.45) is -2.54. The molecule has 2 aromatic rings. The second-order valence-corrected chi connectivity index (χ2v) is 7.32. The van der Waals surface area contributed by atoms with E-state index in [0.29, 0.717) is 53.5 Å².